The summed E-state index contributed by atoms with van der Waals surface area (Å²) in [7, 11) is 0.273. The maximum absolute atomic E-state index is 13.4. The lowest BCUT2D eigenvalue weighted by Gasteiger charge is -2.38. The minimum atomic E-state index is -0.982. The highest BCUT2D eigenvalue weighted by molar-refractivity contribution is 14.1. The molecule has 114 valence electrons. The molecule has 21 heavy (non-hydrogen) atoms. The fourth-order valence-corrected chi connectivity index (χ4v) is 3.21. The van der Waals surface area contributed by atoms with Crippen molar-refractivity contribution in [3.8, 4) is 0 Å². The number of hydrogen-bond acceptors (Lipinski definition) is 5. The van der Waals surface area contributed by atoms with Crippen LogP contribution >= 0.6 is 34.8 Å². The van der Waals surface area contributed by atoms with Crippen LogP contribution in [0.25, 0.3) is 5.47 Å². The Morgan fingerprint density at radius 3 is 2.71 bits per heavy atom. The fourth-order valence-electron chi connectivity index (χ4n) is 1.58. The first-order valence-corrected chi connectivity index (χ1v) is 8.20. The van der Waals surface area contributed by atoms with E-state index < -0.39 is 11.2 Å². The molecule has 0 amide bonds. The molecule has 2 heterocycles. The Morgan fingerprint density at radius 1 is 1.43 bits per heavy atom. The smallest absolute Gasteiger partial charge is 0.311 e. The van der Waals surface area contributed by atoms with Crippen LogP contribution in [0.15, 0.2) is 23.5 Å². The molecule has 1 aliphatic heterocycles. The molecule has 0 atom stereocenters. The van der Waals surface area contributed by atoms with E-state index in [9.17, 15) is 9.50 Å². The van der Waals surface area contributed by atoms with Crippen LogP contribution in [-0.4, -0.2) is 31.3 Å². The van der Waals surface area contributed by atoms with E-state index in [4.69, 9.17) is 4.65 Å². The summed E-state index contributed by atoms with van der Waals surface area (Å²) in [6, 6.07) is 1.46. The summed E-state index contributed by atoms with van der Waals surface area (Å²) < 4.78 is 21.2. The van der Waals surface area contributed by atoms with Crippen molar-refractivity contribution >= 4 is 47.8 Å². The molecular weight excluding hydrogens is 405 g/mol. The predicted octanol–water partition coefficient (Wildman–Crippen LogP) is 3.11. The Balaban J connectivity index is 2.23. The molecule has 1 aromatic heterocycles. The molecular formula is C13H17BFIN2O2S. The van der Waals surface area contributed by atoms with E-state index in [-0.39, 0.29) is 13.3 Å². The van der Waals surface area contributed by atoms with Crippen molar-refractivity contribution in [3.63, 3.8) is 0 Å². The monoisotopic (exact) mass is 422 g/mol. The third kappa shape index (κ3) is 3.91. The number of rotatable bonds is 4. The summed E-state index contributed by atoms with van der Waals surface area (Å²) >= 11 is 3.56. The van der Waals surface area contributed by atoms with Gasteiger partial charge in [0.15, 0.2) is 0 Å². The van der Waals surface area contributed by atoms with Gasteiger partial charge in [-0.3, -0.25) is 2.52 Å². The molecule has 0 spiro atoms. The van der Waals surface area contributed by atoms with Gasteiger partial charge >= 0.3 is 7.48 Å². The maximum Gasteiger partial charge on any atom is 0.311 e. The molecule has 2 rings (SSSR count). The fraction of sp³-hybridized carbons (Fsp3) is 0.462. The summed E-state index contributed by atoms with van der Waals surface area (Å²) in [6.45, 7) is 7.07. The van der Waals surface area contributed by atoms with Crippen molar-refractivity contribution in [2.75, 3.05) is 0 Å². The largest absolute Gasteiger partial charge is 0.427 e. The molecule has 0 radical (unpaired) electrons. The first-order valence-electron chi connectivity index (χ1n) is 6.46. The van der Waals surface area contributed by atoms with E-state index in [2.05, 4.69) is 27.8 Å². The van der Waals surface area contributed by atoms with Crippen molar-refractivity contribution in [2.45, 2.75) is 43.9 Å². The summed E-state index contributed by atoms with van der Waals surface area (Å²) in [6.07, 6.45) is 3.09. The second-order valence-corrected chi connectivity index (χ2v) is 8.54. The SMILES string of the molecule is CC(C)(O)C(C)(C)OBC1=CN(I)Sc2ncc(F)cc21. The average molecular weight is 422 g/mol. The second-order valence-electron chi connectivity index (χ2n) is 5.88. The molecule has 1 N–H and O–H groups in total. The highest BCUT2D eigenvalue weighted by Gasteiger charge is 2.36. The molecule has 1 aliphatic rings. The van der Waals surface area contributed by atoms with Gasteiger partial charge in [-0.1, -0.05) is 0 Å². The Hall–Kier alpha value is -0.315. The van der Waals surface area contributed by atoms with Gasteiger partial charge in [-0.05, 0) is 39.2 Å². The van der Waals surface area contributed by atoms with Crippen LogP contribution in [0.5, 0.6) is 0 Å². The van der Waals surface area contributed by atoms with E-state index in [0.29, 0.717) is 0 Å². The maximum atomic E-state index is 13.4. The molecule has 0 unspecified atom stereocenters. The third-order valence-corrected chi connectivity index (χ3v) is 5.30. The van der Waals surface area contributed by atoms with Crippen LogP contribution in [0.3, 0.4) is 0 Å². The quantitative estimate of drug-likeness (QED) is 0.350. The highest BCUT2D eigenvalue weighted by atomic mass is 127. The average Bonchev–Trinajstić information content (AvgIpc) is 2.35. The number of aliphatic hydroxyl groups is 1. The van der Waals surface area contributed by atoms with E-state index >= 15 is 0 Å². The lowest BCUT2D eigenvalue weighted by atomic mass is 9.79. The van der Waals surface area contributed by atoms with Gasteiger partial charge in [0.2, 0.25) is 0 Å². The van der Waals surface area contributed by atoms with E-state index in [1.54, 1.807) is 13.8 Å². The van der Waals surface area contributed by atoms with E-state index in [1.807, 2.05) is 22.6 Å². The molecule has 0 saturated heterocycles. The summed E-state index contributed by atoms with van der Waals surface area (Å²) in [5.41, 5.74) is -0.138. The molecule has 0 fully saturated rings. The molecule has 8 heteroatoms. The third-order valence-electron chi connectivity index (χ3n) is 3.66. The Morgan fingerprint density at radius 2 is 2.10 bits per heavy atom. The van der Waals surface area contributed by atoms with Gasteiger partial charge in [-0.2, -0.15) is 0 Å². The normalized spacial score (nSPS) is 15.6. The second kappa shape index (κ2) is 6.06. The number of halogens is 2. The van der Waals surface area contributed by atoms with Gasteiger partial charge < -0.3 is 9.76 Å². The van der Waals surface area contributed by atoms with Gasteiger partial charge in [0.05, 0.1) is 40.3 Å². The Kier molecular flexibility index (Phi) is 4.92. The first-order chi connectivity index (χ1) is 9.60. The Labute approximate surface area is 143 Å². The topological polar surface area (TPSA) is 45.6 Å². The van der Waals surface area contributed by atoms with Gasteiger partial charge in [0.1, 0.15) is 10.8 Å². The zero-order valence-corrected chi connectivity index (χ0v) is 15.3. The molecule has 0 saturated carbocycles. The number of nitrogens with zero attached hydrogens (tertiary/aromatic N) is 2. The van der Waals surface area contributed by atoms with Crippen molar-refractivity contribution in [1.82, 2.24) is 7.50 Å². The van der Waals surface area contributed by atoms with Crippen molar-refractivity contribution in [2.24, 2.45) is 0 Å². The number of pyridine rings is 1. The number of aromatic nitrogens is 1. The van der Waals surface area contributed by atoms with Crippen molar-refractivity contribution in [1.29, 1.82) is 0 Å². The van der Waals surface area contributed by atoms with Gasteiger partial charge in [-0.25, -0.2) is 9.37 Å². The summed E-state index contributed by atoms with van der Waals surface area (Å²) in [5.74, 6) is -0.371. The van der Waals surface area contributed by atoms with Gasteiger partial charge in [-0.15, -0.1) is 0 Å². The first kappa shape index (κ1) is 17.0. The minimum absolute atomic E-state index is 0.273. The molecule has 0 aliphatic carbocycles. The summed E-state index contributed by atoms with van der Waals surface area (Å²) in [4.78, 5) is 4.11. The zero-order valence-electron chi connectivity index (χ0n) is 12.4. The lowest BCUT2D eigenvalue weighted by molar-refractivity contribution is -0.0892. The standard InChI is InChI=1S/C13H17BFIN2O2S/c1-12(2,19)13(3,4)20-14-10-7-18(16)21-11-9(10)5-8(15)6-17-11/h5-7,14,19H,1-4H3. The molecule has 4 nitrogen and oxygen atoms in total. The number of hydrogen-bond donors (Lipinski definition) is 1. The number of fused-ring (bicyclic) bond motifs is 1. The highest BCUT2D eigenvalue weighted by Crippen LogP contribution is 2.38. The van der Waals surface area contributed by atoms with E-state index in [1.165, 1.54) is 24.2 Å². The minimum Gasteiger partial charge on any atom is -0.427 e. The van der Waals surface area contributed by atoms with Crippen LogP contribution in [0, 0.1) is 5.82 Å². The van der Waals surface area contributed by atoms with Crippen LogP contribution in [0.1, 0.15) is 33.3 Å². The van der Waals surface area contributed by atoms with Crippen LogP contribution in [0.2, 0.25) is 0 Å². The predicted molar refractivity (Wildman–Crippen MR) is 92.5 cm³/mol. The van der Waals surface area contributed by atoms with Crippen molar-refractivity contribution < 1.29 is 14.2 Å². The lowest BCUT2D eigenvalue weighted by Crippen LogP contribution is -2.48. The van der Waals surface area contributed by atoms with Crippen LogP contribution < -0.4 is 0 Å². The van der Waals surface area contributed by atoms with Gasteiger partial charge in [0, 0.05) is 23.7 Å². The van der Waals surface area contributed by atoms with Crippen LogP contribution in [-0.2, 0) is 4.65 Å². The Bertz CT molecular complexity index is 578. The van der Waals surface area contributed by atoms with Crippen molar-refractivity contribution in [3.05, 3.63) is 29.8 Å². The zero-order chi connectivity index (χ0) is 15.8. The summed E-state index contributed by atoms with van der Waals surface area (Å²) in [5, 5.41) is 10.9. The molecule has 0 aromatic carbocycles. The molecule has 0 bridgehead atoms. The van der Waals surface area contributed by atoms with Gasteiger partial charge in [0.25, 0.3) is 0 Å². The van der Waals surface area contributed by atoms with E-state index in [0.717, 1.165) is 16.1 Å². The molecule has 1 aromatic rings. The van der Waals surface area contributed by atoms with Crippen LogP contribution in [0.4, 0.5) is 4.39 Å².